The Kier molecular flexibility index (Phi) is 5.99. The Bertz CT molecular complexity index is 663. The number of amides is 1. The molecule has 1 aromatic heterocycles. The summed E-state index contributed by atoms with van der Waals surface area (Å²) < 4.78 is 1.76. The van der Waals surface area contributed by atoms with Crippen LogP contribution in [0.3, 0.4) is 0 Å². The molecule has 0 aliphatic carbocycles. The second-order valence-corrected chi connectivity index (χ2v) is 8.14. The average molecular weight is 347 g/mol. The van der Waals surface area contributed by atoms with Gasteiger partial charge in [-0.1, -0.05) is 55.9 Å². The number of rotatable bonds is 6. The van der Waals surface area contributed by atoms with Gasteiger partial charge in [-0.2, -0.15) is 0 Å². The van der Waals surface area contributed by atoms with Gasteiger partial charge in [0.15, 0.2) is 0 Å². The fourth-order valence-corrected chi connectivity index (χ4v) is 3.35. The Morgan fingerprint density at radius 3 is 2.50 bits per heavy atom. The van der Waals surface area contributed by atoms with Gasteiger partial charge in [0, 0.05) is 6.54 Å². The molecule has 0 aliphatic rings. The molecule has 0 radical (unpaired) electrons. The highest BCUT2D eigenvalue weighted by Crippen LogP contribution is 2.29. The molecule has 1 aromatic carbocycles. The van der Waals surface area contributed by atoms with E-state index < -0.39 is 0 Å². The van der Waals surface area contributed by atoms with Crippen LogP contribution in [0.5, 0.6) is 0 Å². The minimum absolute atomic E-state index is 0.00214. The van der Waals surface area contributed by atoms with E-state index in [1.165, 1.54) is 11.8 Å². The van der Waals surface area contributed by atoms with Gasteiger partial charge in [0.1, 0.15) is 0 Å². The minimum atomic E-state index is -0.249. The van der Waals surface area contributed by atoms with Gasteiger partial charge in [0.25, 0.3) is 0 Å². The van der Waals surface area contributed by atoms with E-state index in [0.717, 1.165) is 5.56 Å². The summed E-state index contributed by atoms with van der Waals surface area (Å²) in [4.78, 5) is 12.6. The molecular formula is C17H25N5OS. The Morgan fingerprint density at radius 2 is 1.92 bits per heavy atom. The zero-order valence-corrected chi connectivity index (χ0v) is 15.7. The van der Waals surface area contributed by atoms with Crippen molar-refractivity contribution >= 4 is 17.7 Å². The number of hydrogen-bond donors (Lipinski definition) is 1. The second-order valence-electron chi connectivity index (χ2n) is 7.03. The molecule has 2 aromatic rings. The highest BCUT2D eigenvalue weighted by Gasteiger charge is 2.28. The molecule has 0 saturated heterocycles. The summed E-state index contributed by atoms with van der Waals surface area (Å²) in [6.07, 6.45) is 0. The SMILES string of the molecule is CC(C)C(Sc1nnnn1C(C)(C)C)C(=O)NCc1ccccc1. The van der Waals surface area contributed by atoms with Crippen LogP contribution < -0.4 is 5.32 Å². The van der Waals surface area contributed by atoms with Gasteiger partial charge in [0.05, 0.1) is 10.8 Å². The molecule has 1 heterocycles. The fraction of sp³-hybridized carbons (Fsp3) is 0.529. The number of thioether (sulfide) groups is 1. The van der Waals surface area contributed by atoms with E-state index in [1.54, 1.807) is 4.68 Å². The van der Waals surface area contributed by atoms with Gasteiger partial charge >= 0.3 is 0 Å². The van der Waals surface area contributed by atoms with Crippen LogP contribution in [0, 0.1) is 5.92 Å². The Hall–Kier alpha value is -1.89. The largest absolute Gasteiger partial charge is 0.351 e. The van der Waals surface area contributed by atoms with Gasteiger partial charge in [0.2, 0.25) is 11.1 Å². The number of nitrogens with zero attached hydrogens (tertiary/aromatic N) is 4. The predicted molar refractivity (Wildman–Crippen MR) is 95.6 cm³/mol. The standard InChI is InChI=1S/C17H25N5OS/c1-12(2)14(15(23)18-11-13-9-7-6-8-10-13)24-16-19-20-21-22(16)17(3,4)5/h6-10,12,14H,11H2,1-5H3,(H,18,23). The summed E-state index contributed by atoms with van der Waals surface area (Å²) in [5.41, 5.74) is 0.853. The summed E-state index contributed by atoms with van der Waals surface area (Å²) in [7, 11) is 0. The number of hydrogen-bond acceptors (Lipinski definition) is 5. The van der Waals surface area contributed by atoms with Crippen LogP contribution in [0.25, 0.3) is 0 Å². The highest BCUT2D eigenvalue weighted by molar-refractivity contribution is 8.00. The lowest BCUT2D eigenvalue weighted by Gasteiger charge is -2.23. The van der Waals surface area contributed by atoms with Crippen molar-refractivity contribution in [2.45, 2.75) is 57.1 Å². The molecule has 7 heteroatoms. The lowest BCUT2D eigenvalue weighted by atomic mass is 10.1. The van der Waals surface area contributed by atoms with Crippen molar-refractivity contribution in [2.75, 3.05) is 0 Å². The monoisotopic (exact) mass is 347 g/mol. The van der Waals surface area contributed by atoms with Crippen molar-refractivity contribution in [3.05, 3.63) is 35.9 Å². The summed E-state index contributed by atoms with van der Waals surface area (Å²) in [6, 6.07) is 9.89. The third-order valence-electron chi connectivity index (χ3n) is 3.48. The zero-order chi connectivity index (χ0) is 17.7. The molecule has 1 amide bonds. The number of aromatic nitrogens is 4. The van der Waals surface area contributed by atoms with E-state index >= 15 is 0 Å². The van der Waals surface area contributed by atoms with Crippen LogP contribution in [0.4, 0.5) is 0 Å². The molecule has 2 rings (SSSR count). The quantitative estimate of drug-likeness (QED) is 0.814. The van der Waals surface area contributed by atoms with Crippen LogP contribution >= 0.6 is 11.8 Å². The van der Waals surface area contributed by atoms with E-state index in [0.29, 0.717) is 11.7 Å². The lowest BCUT2D eigenvalue weighted by Crippen LogP contribution is -2.36. The first kappa shape index (κ1) is 18.4. The Morgan fingerprint density at radius 1 is 1.25 bits per heavy atom. The zero-order valence-electron chi connectivity index (χ0n) is 14.9. The van der Waals surface area contributed by atoms with Crippen molar-refractivity contribution in [2.24, 2.45) is 5.92 Å². The number of tetrazole rings is 1. The third-order valence-corrected chi connectivity index (χ3v) is 4.96. The molecule has 0 aliphatic heterocycles. The van der Waals surface area contributed by atoms with E-state index in [4.69, 9.17) is 0 Å². The van der Waals surface area contributed by atoms with Crippen molar-refractivity contribution in [1.82, 2.24) is 25.5 Å². The Labute approximate surface area is 147 Å². The van der Waals surface area contributed by atoms with Gasteiger partial charge < -0.3 is 5.32 Å². The molecule has 1 unspecified atom stereocenters. The van der Waals surface area contributed by atoms with Gasteiger partial charge in [-0.25, -0.2) is 4.68 Å². The third kappa shape index (κ3) is 4.80. The number of nitrogens with one attached hydrogen (secondary N) is 1. The summed E-state index contributed by atoms with van der Waals surface area (Å²) in [5.74, 6) is 0.165. The van der Waals surface area contributed by atoms with Gasteiger partial charge in [-0.15, -0.1) is 5.10 Å². The summed E-state index contributed by atoms with van der Waals surface area (Å²) in [5, 5.41) is 15.3. The van der Waals surface area contributed by atoms with Crippen molar-refractivity contribution < 1.29 is 4.79 Å². The molecule has 6 nitrogen and oxygen atoms in total. The molecule has 0 spiro atoms. The van der Waals surface area contributed by atoms with E-state index in [1.807, 2.05) is 65.0 Å². The van der Waals surface area contributed by atoms with Crippen molar-refractivity contribution in [1.29, 1.82) is 0 Å². The lowest BCUT2D eigenvalue weighted by molar-refractivity contribution is -0.121. The molecule has 1 N–H and O–H groups in total. The maximum Gasteiger partial charge on any atom is 0.234 e. The average Bonchev–Trinajstić information content (AvgIpc) is 2.99. The first-order valence-corrected chi connectivity index (χ1v) is 8.94. The molecule has 130 valence electrons. The second kappa shape index (κ2) is 7.79. The normalized spacial score (nSPS) is 13.1. The van der Waals surface area contributed by atoms with Crippen LogP contribution in [-0.4, -0.2) is 31.4 Å². The Balaban J connectivity index is 2.07. The first-order valence-electron chi connectivity index (χ1n) is 8.06. The molecule has 0 fully saturated rings. The first-order chi connectivity index (χ1) is 11.3. The topological polar surface area (TPSA) is 72.7 Å². The molecule has 24 heavy (non-hydrogen) atoms. The van der Waals surface area contributed by atoms with E-state index in [2.05, 4.69) is 20.8 Å². The number of carbonyl (C=O) groups is 1. The van der Waals surface area contributed by atoms with E-state index in [-0.39, 0.29) is 22.6 Å². The summed E-state index contributed by atoms with van der Waals surface area (Å²) in [6.45, 7) is 10.7. The van der Waals surface area contributed by atoms with Crippen LogP contribution in [-0.2, 0) is 16.9 Å². The van der Waals surface area contributed by atoms with Gasteiger partial charge in [-0.3, -0.25) is 4.79 Å². The van der Waals surface area contributed by atoms with Crippen molar-refractivity contribution in [3.8, 4) is 0 Å². The van der Waals surface area contributed by atoms with Crippen LogP contribution in [0.15, 0.2) is 35.5 Å². The fourth-order valence-electron chi connectivity index (χ4n) is 2.17. The highest BCUT2D eigenvalue weighted by atomic mass is 32.2. The molecular weight excluding hydrogens is 322 g/mol. The number of carbonyl (C=O) groups excluding carboxylic acids is 1. The van der Waals surface area contributed by atoms with Crippen LogP contribution in [0.2, 0.25) is 0 Å². The van der Waals surface area contributed by atoms with Crippen LogP contribution in [0.1, 0.15) is 40.2 Å². The number of benzene rings is 1. The van der Waals surface area contributed by atoms with Gasteiger partial charge in [-0.05, 0) is 42.7 Å². The molecule has 0 bridgehead atoms. The maximum atomic E-state index is 12.6. The molecule has 0 saturated carbocycles. The maximum absolute atomic E-state index is 12.6. The van der Waals surface area contributed by atoms with Crippen molar-refractivity contribution in [3.63, 3.8) is 0 Å². The molecule has 1 atom stereocenters. The predicted octanol–water partition coefficient (Wildman–Crippen LogP) is 2.86. The van der Waals surface area contributed by atoms with E-state index in [9.17, 15) is 4.79 Å². The minimum Gasteiger partial charge on any atom is -0.351 e. The summed E-state index contributed by atoms with van der Waals surface area (Å²) >= 11 is 1.42. The smallest absolute Gasteiger partial charge is 0.234 e.